The van der Waals surface area contributed by atoms with Gasteiger partial charge in [0.25, 0.3) is 0 Å². The molecule has 1 fully saturated rings. The molecule has 4 nitrogen and oxygen atoms in total. The summed E-state index contributed by atoms with van der Waals surface area (Å²) < 4.78 is 1.92. The number of rotatable bonds is 6. The molecule has 1 aliphatic rings. The summed E-state index contributed by atoms with van der Waals surface area (Å²) in [5.74, 6) is 0.759. The molecule has 2 aromatic carbocycles. The van der Waals surface area contributed by atoms with Crippen molar-refractivity contribution in [1.82, 2.24) is 14.9 Å². The fourth-order valence-corrected chi connectivity index (χ4v) is 4.07. The highest BCUT2D eigenvalue weighted by molar-refractivity contribution is 5.80. The van der Waals surface area contributed by atoms with Crippen LogP contribution in [0.5, 0.6) is 0 Å². The van der Waals surface area contributed by atoms with E-state index in [0.29, 0.717) is 6.54 Å². The number of hydrogen-bond acceptors (Lipinski definition) is 2. The Morgan fingerprint density at radius 1 is 1.08 bits per heavy atom. The molecule has 0 aliphatic heterocycles. The lowest BCUT2D eigenvalue weighted by Crippen LogP contribution is -2.32. The maximum absolute atomic E-state index is 12.8. The van der Waals surface area contributed by atoms with Crippen LogP contribution in [0.4, 0.5) is 0 Å². The molecule has 1 unspecified atom stereocenters. The number of nitrogens with zero attached hydrogens (tertiary/aromatic N) is 2. The Labute approximate surface area is 154 Å². The van der Waals surface area contributed by atoms with Crippen molar-refractivity contribution in [3.8, 4) is 0 Å². The number of fused-ring (bicyclic) bond motifs is 1. The summed E-state index contributed by atoms with van der Waals surface area (Å²) in [6.07, 6.45) is 7.98. The summed E-state index contributed by atoms with van der Waals surface area (Å²) in [6, 6.07) is 18.4. The van der Waals surface area contributed by atoms with Crippen LogP contribution >= 0.6 is 0 Å². The Bertz CT molecular complexity index is 865. The van der Waals surface area contributed by atoms with Crippen molar-refractivity contribution in [3.05, 3.63) is 66.5 Å². The molecule has 1 atom stereocenters. The van der Waals surface area contributed by atoms with Gasteiger partial charge in [-0.2, -0.15) is 0 Å². The Hall–Kier alpha value is -2.62. The molecule has 134 valence electrons. The SMILES string of the molecule is O=C(Cn1cnc2ccccc21)NC(CC1CCCC1)c1ccccc1. The summed E-state index contributed by atoms with van der Waals surface area (Å²) in [5, 5.41) is 3.28. The molecule has 1 N–H and O–H groups in total. The minimum atomic E-state index is 0.0417. The van der Waals surface area contributed by atoms with Crippen molar-refractivity contribution in [1.29, 1.82) is 0 Å². The van der Waals surface area contributed by atoms with Crippen LogP contribution < -0.4 is 5.32 Å². The smallest absolute Gasteiger partial charge is 0.240 e. The van der Waals surface area contributed by atoms with E-state index in [1.165, 1.54) is 31.2 Å². The fraction of sp³-hybridized carbons (Fsp3) is 0.364. The number of aromatic nitrogens is 2. The second-order valence-electron chi connectivity index (χ2n) is 7.28. The normalized spacial score (nSPS) is 16.0. The zero-order valence-electron chi connectivity index (χ0n) is 15.0. The van der Waals surface area contributed by atoms with Gasteiger partial charge in [-0.25, -0.2) is 4.98 Å². The van der Waals surface area contributed by atoms with E-state index in [9.17, 15) is 4.79 Å². The van der Waals surface area contributed by atoms with Crippen molar-refractivity contribution in [2.75, 3.05) is 0 Å². The van der Waals surface area contributed by atoms with E-state index >= 15 is 0 Å². The third-order valence-corrected chi connectivity index (χ3v) is 5.42. The van der Waals surface area contributed by atoms with Gasteiger partial charge in [-0.15, -0.1) is 0 Å². The molecular formula is C22H25N3O. The van der Waals surface area contributed by atoms with Gasteiger partial charge in [-0.1, -0.05) is 68.1 Å². The van der Waals surface area contributed by atoms with E-state index in [-0.39, 0.29) is 11.9 Å². The summed E-state index contributed by atoms with van der Waals surface area (Å²) in [6.45, 7) is 0.300. The number of benzene rings is 2. The summed E-state index contributed by atoms with van der Waals surface area (Å²) in [7, 11) is 0. The molecule has 0 radical (unpaired) electrons. The van der Waals surface area contributed by atoms with Crippen LogP contribution in [-0.2, 0) is 11.3 Å². The molecule has 1 aliphatic carbocycles. The van der Waals surface area contributed by atoms with Crippen LogP contribution in [0.1, 0.15) is 43.7 Å². The largest absolute Gasteiger partial charge is 0.348 e. The first kappa shape index (κ1) is 16.8. The highest BCUT2D eigenvalue weighted by atomic mass is 16.2. The summed E-state index contributed by atoms with van der Waals surface area (Å²) >= 11 is 0. The minimum Gasteiger partial charge on any atom is -0.348 e. The van der Waals surface area contributed by atoms with Crippen molar-refractivity contribution < 1.29 is 4.79 Å². The molecule has 0 spiro atoms. The molecule has 26 heavy (non-hydrogen) atoms. The third-order valence-electron chi connectivity index (χ3n) is 5.42. The van der Waals surface area contributed by atoms with Gasteiger partial charge in [0, 0.05) is 0 Å². The number of para-hydroxylation sites is 2. The molecule has 1 amide bonds. The Balaban J connectivity index is 1.48. The maximum Gasteiger partial charge on any atom is 0.240 e. The lowest BCUT2D eigenvalue weighted by Gasteiger charge is -2.22. The zero-order valence-corrected chi connectivity index (χ0v) is 15.0. The van der Waals surface area contributed by atoms with Gasteiger partial charge in [0.15, 0.2) is 0 Å². The molecule has 1 aromatic heterocycles. The number of carbonyl (C=O) groups is 1. The van der Waals surface area contributed by atoms with Crippen LogP contribution in [-0.4, -0.2) is 15.5 Å². The van der Waals surface area contributed by atoms with Crippen LogP contribution in [0.2, 0.25) is 0 Å². The van der Waals surface area contributed by atoms with Gasteiger partial charge < -0.3 is 9.88 Å². The average molecular weight is 347 g/mol. The Morgan fingerprint density at radius 3 is 2.62 bits per heavy atom. The van der Waals surface area contributed by atoms with Crippen molar-refractivity contribution >= 4 is 16.9 Å². The van der Waals surface area contributed by atoms with Crippen LogP contribution in [0.25, 0.3) is 11.0 Å². The molecule has 1 saturated carbocycles. The van der Waals surface area contributed by atoms with E-state index in [1.807, 2.05) is 47.0 Å². The van der Waals surface area contributed by atoms with Gasteiger partial charge in [-0.3, -0.25) is 4.79 Å². The zero-order chi connectivity index (χ0) is 17.8. The molecule has 4 heteroatoms. The number of hydrogen-bond donors (Lipinski definition) is 1. The minimum absolute atomic E-state index is 0.0417. The lowest BCUT2D eigenvalue weighted by molar-refractivity contribution is -0.122. The van der Waals surface area contributed by atoms with Gasteiger partial charge in [-0.05, 0) is 30.0 Å². The third kappa shape index (κ3) is 3.79. The summed E-state index contributed by atoms with van der Waals surface area (Å²) in [4.78, 5) is 17.1. The molecule has 4 rings (SSSR count). The highest BCUT2D eigenvalue weighted by Gasteiger charge is 2.22. The second-order valence-corrected chi connectivity index (χ2v) is 7.28. The number of nitrogens with one attached hydrogen (secondary N) is 1. The molecular weight excluding hydrogens is 322 g/mol. The van der Waals surface area contributed by atoms with Crippen LogP contribution in [0.3, 0.4) is 0 Å². The highest BCUT2D eigenvalue weighted by Crippen LogP contribution is 2.33. The maximum atomic E-state index is 12.8. The quantitative estimate of drug-likeness (QED) is 0.715. The second kappa shape index (κ2) is 7.73. The van der Waals surface area contributed by atoms with Crippen LogP contribution in [0, 0.1) is 5.92 Å². The van der Waals surface area contributed by atoms with E-state index < -0.39 is 0 Å². The molecule has 3 aromatic rings. The average Bonchev–Trinajstić information content (AvgIpc) is 3.32. The molecule has 0 saturated heterocycles. The van der Waals surface area contributed by atoms with Crippen molar-refractivity contribution in [3.63, 3.8) is 0 Å². The summed E-state index contributed by atoms with van der Waals surface area (Å²) in [5.41, 5.74) is 3.11. The Morgan fingerprint density at radius 2 is 1.81 bits per heavy atom. The first-order valence-electron chi connectivity index (χ1n) is 9.54. The number of imidazole rings is 1. The van der Waals surface area contributed by atoms with E-state index in [4.69, 9.17) is 0 Å². The number of amides is 1. The van der Waals surface area contributed by atoms with Crippen molar-refractivity contribution in [2.45, 2.75) is 44.7 Å². The van der Waals surface area contributed by atoms with E-state index in [1.54, 1.807) is 6.33 Å². The standard InChI is InChI=1S/C22H25N3O/c26-22(15-25-16-23-19-12-6-7-13-21(19)25)24-20(14-17-8-4-5-9-17)18-10-2-1-3-11-18/h1-3,6-7,10-13,16-17,20H,4-5,8-9,14-15H2,(H,24,26). The van der Waals surface area contributed by atoms with Gasteiger partial charge in [0.1, 0.15) is 6.54 Å². The fourth-order valence-electron chi connectivity index (χ4n) is 4.07. The van der Waals surface area contributed by atoms with Crippen LogP contribution in [0.15, 0.2) is 60.9 Å². The predicted octanol–water partition coefficient (Wildman–Crippen LogP) is 4.47. The van der Waals surface area contributed by atoms with Gasteiger partial charge in [0.05, 0.1) is 23.4 Å². The lowest BCUT2D eigenvalue weighted by atomic mass is 9.93. The van der Waals surface area contributed by atoms with Gasteiger partial charge in [0.2, 0.25) is 5.91 Å². The number of carbonyl (C=O) groups excluding carboxylic acids is 1. The van der Waals surface area contributed by atoms with Crippen molar-refractivity contribution in [2.24, 2.45) is 5.92 Å². The first-order valence-corrected chi connectivity index (χ1v) is 9.54. The van der Waals surface area contributed by atoms with Gasteiger partial charge >= 0.3 is 0 Å². The first-order chi connectivity index (χ1) is 12.8. The molecule has 0 bridgehead atoms. The Kier molecular flexibility index (Phi) is 5.00. The molecule has 1 heterocycles. The monoisotopic (exact) mass is 347 g/mol. The predicted molar refractivity (Wildman–Crippen MR) is 104 cm³/mol. The topological polar surface area (TPSA) is 46.9 Å². The van der Waals surface area contributed by atoms with E-state index in [0.717, 1.165) is 23.4 Å². The van der Waals surface area contributed by atoms with E-state index in [2.05, 4.69) is 22.4 Å².